The third-order valence-corrected chi connectivity index (χ3v) is 5.69. The van der Waals surface area contributed by atoms with Gasteiger partial charge in [0, 0.05) is 22.9 Å². The molecule has 2 atom stereocenters. The summed E-state index contributed by atoms with van der Waals surface area (Å²) in [5, 5.41) is 10.6. The molecule has 28 heavy (non-hydrogen) atoms. The molecular weight excluding hydrogens is 394 g/mol. The maximum atomic E-state index is 13.2. The van der Waals surface area contributed by atoms with Crippen molar-refractivity contribution in [2.24, 2.45) is 0 Å². The van der Waals surface area contributed by atoms with Crippen molar-refractivity contribution in [3.8, 4) is 6.07 Å². The van der Waals surface area contributed by atoms with Gasteiger partial charge in [-0.3, -0.25) is 4.79 Å². The number of ketones is 1. The average Bonchev–Trinajstić information content (AvgIpc) is 3.10. The zero-order valence-corrected chi connectivity index (χ0v) is 17.2. The lowest BCUT2D eigenvalue weighted by molar-refractivity contribution is -0.124. The number of fused-ring (bicyclic) bond motifs is 1. The summed E-state index contributed by atoms with van der Waals surface area (Å²) in [6.45, 7) is 1.93. The normalized spacial score (nSPS) is 14.2. The van der Waals surface area contributed by atoms with Crippen LogP contribution in [0.2, 0.25) is 5.02 Å². The van der Waals surface area contributed by atoms with Crippen LogP contribution in [0.15, 0.2) is 54.7 Å². The van der Waals surface area contributed by atoms with Crippen LogP contribution in [-0.4, -0.2) is 20.8 Å². The fourth-order valence-electron chi connectivity index (χ4n) is 3.69. The highest BCUT2D eigenvalue weighted by atomic mass is 35.5. The Morgan fingerprint density at radius 2 is 1.96 bits per heavy atom. The van der Waals surface area contributed by atoms with Crippen molar-refractivity contribution in [1.82, 2.24) is 4.57 Å². The lowest BCUT2D eigenvalue weighted by atomic mass is 9.81. The van der Waals surface area contributed by atoms with Crippen LogP contribution in [0.3, 0.4) is 0 Å². The molecule has 5 nitrogen and oxygen atoms in total. The van der Waals surface area contributed by atoms with Crippen LogP contribution in [0.5, 0.6) is 0 Å². The summed E-state index contributed by atoms with van der Waals surface area (Å²) >= 11 is 6.05. The Morgan fingerprint density at radius 3 is 2.57 bits per heavy atom. The highest BCUT2D eigenvalue weighted by Gasteiger charge is 2.40. The van der Waals surface area contributed by atoms with E-state index in [1.54, 1.807) is 18.4 Å². The molecule has 0 aliphatic carbocycles. The van der Waals surface area contributed by atoms with Crippen LogP contribution in [0, 0.1) is 11.3 Å². The Morgan fingerprint density at radius 1 is 1.25 bits per heavy atom. The Labute approximate surface area is 171 Å². The van der Waals surface area contributed by atoms with Crippen LogP contribution in [0.25, 0.3) is 10.9 Å². The fraction of sp³-hybridized carbons (Fsp3) is 0.238. The molecule has 0 amide bonds. The molecule has 3 rings (SSSR count). The van der Waals surface area contributed by atoms with Gasteiger partial charge in [0.1, 0.15) is 16.5 Å². The number of benzene rings is 2. The summed E-state index contributed by atoms with van der Waals surface area (Å²) < 4.78 is 16.5. The minimum Gasteiger partial charge on any atom is -0.330 e. The van der Waals surface area contributed by atoms with Crippen LogP contribution >= 0.6 is 11.6 Å². The second-order valence-electron chi connectivity index (χ2n) is 6.46. The molecule has 2 aromatic carbocycles. The van der Waals surface area contributed by atoms with E-state index in [-0.39, 0.29) is 12.2 Å². The minimum atomic E-state index is -1.22. The molecule has 0 fully saturated rings. The van der Waals surface area contributed by atoms with E-state index >= 15 is 0 Å². The average molecular weight is 414 g/mol. The predicted molar refractivity (Wildman–Crippen MR) is 114 cm³/mol. The molecule has 0 bridgehead atoms. The molecule has 0 radical (unpaired) electrons. The number of carbonyl (C=O) groups is 1. The molecule has 0 saturated heterocycles. The van der Waals surface area contributed by atoms with Gasteiger partial charge >= 0.3 is 0 Å². The van der Waals surface area contributed by atoms with Crippen molar-refractivity contribution in [1.29, 1.82) is 5.26 Å². The molecule has 2 unspecified atom stereocenters. The van der Waals surface area contributed by atoms with Crippen molar-refractivity contribution in [3.63, 3.8) is 0 Å². The summed E-state index contributed by atoms with van der Waals surface area (Å²) in [4.78, 5) is 13.2. The lowest BCUT2D eigenvalue weighted by Crippen LogP contribution is -2.42. The number of rotatable bonds is 7. The van der Waals surface area contributed by atoms with Gasteiger partial charge in [-0.05, 0) is 42.3 Å². The standard InChI is InChI=1S/C21H20ClN3O2S/c1-3-21(20(26)11-13-23,15-7-9-16(22)10-8-15)25-14-12-17-18(24-28(2)27)5-4-6-19(17)25/h4-10,12,14,24H,3,11H2,1-2H3. The summed E-state index contributed by atoms with van der Waals surface area (Å²) in [7, 11) is -1.22. The van der Waals surface area contributed by atoms with Gasteiger partial charge in [-0.25, -0.2) is 4.21 Å². The second kappa shape index (κ2) is 8.17. The lowest BCUT2D eigenvalue weighted by Gasteiger charge is -2.34. The van der Waals surface area contributed by atoms with E-state index < -0.39 is 16.5 Å². The quantitative estimate of drug-likeness (QED) is 0.613. The molecule has 0 spiro atoms. The third-order valence-electron chi connectivity index (χ3n) is 4.93. The van der Waals surface area contributed by atoms with Gasteiger partial charge in [0.05, 0.1) is 23.7 Å². The van der Waals surface area contributed by atoms with Gasteiger partial charge in [-0.1, -0.05) is 36.7 Å². The van der Waals surface area contributed by atoms with Crippen LogP contribution < -0.4 is 4.72 Å². The molecule has 1 N–H and O–H groups in total. The summed E-state index contributed by atoms with van der Waals surface area (Å²) in [5.41, 5.74) is 1.28. The zero-order chi connectivity index (χ0) is 20.3. The number of aromatic nitrogens is 1. The monoisotopic (exact) mass is 413 g/mol. The molecule has 0 saturated carbocycles. The minimum absolute atomic E-state index is 0.185. The number of nitrogens with one attached hydrogen (secondary N) is 1. The maximum absolute atomic E-state index is 13.2. The van der Waals surface area contributed by atoms with Gasteiger partial charge in [-0.15, -0.1) is 0 Å². The zero-order valence-electron chi connectivity index (χ0n) is 15.6. The predicted octanol–water partition coefficient (Wildman–Crippen LogP) is 4.64. The SMILES string of the molecule is CCC(C(=O)CC#N)(c1ccc(Cl)cc1)n1ccc2c(NS(C)=O)cccc21. The van der Waals surface area contributed by atoms with Crippen molar-refractivity contribution in [3.05, 3.63) is 65.3 Å². The number of hydrogen-bond acceptors (Lipinski definition) is 3. The van der Waals surface area contributed by atoms with Gasteiger partial charge < -0.3 is 9.29 Å². The van der Waals surface area contributed by atoms with E-state index in [9.17, 15) is 14.3 Å². The number of nitrogens with zero attached hydrogens (tertiary/aromatic N) is 2. The van der Waals surface area contributed by atoms with Crippen LogP contribution in [0.4, 0.5) is 5.69 Å². The smallest absolute Gasteiger partial charge is 0.177 e. The van der Waals surface area contributed by atoms with Crippen molar-refractivity contribution in [2.75, 3.05) is 11.0 Å². The van der Waals surface area contributed by atoms with Crippen LogP contribution in [0.1, 0.15) is 25.3 Å². The van der Waals surface area contributed by atoms with Gasteiger partial charge in [-0.2, -0.15) is 5.26 Å². The maximum Gasteiger partial charge on any atom is 0.177 e. The number of Topliss-reactive ketones (excluding diaryl/α,β-unsaturated/α-hetero) is 1. The number of nitriles is 1. The fourth-order valence-corrected chi connectivity index (χ4v) is 4.31. The van der Waals surface area contributed by atoms with E-state index in [2.05, 4.69) is 4.72 Å². The van der Waals surface area contributed by atoms with Crippen molar-refractivity contribution < 1.29 is 9.00 Å². The van der Waals surface area contributed by atoms with E-state index in [1.807, 2.05) is 60.2 Å². The third kappa shape index (κ3) is 3.44. The van der Waals surface area contributed by atoms with Crippen LogP contribution in [-0.2, 0) is 21.3 Å². The number of carbonyl (C=O) groups excluding carboxylic acids is 1. The molecule has 7 heteroatoms. The van der Waals surface area contributed by atoms with Crippen molar-refractivity contribution in [2.45, 2.75) is 25.3 Å². The van der Waals surface area contributed by atoms with Gasteiger partial charge in [0.15, 0.2) is 5.78 Å². The first kappa shape index (κ1) is 20.1. The summed E-state index contributed by atoms with van der Waals surface area (Å²) in [5.74, 6) is -0.185. The first-order chi connectivity index (χ1) is 13.4. The molecular formula is C21H20ClN3O2S. The van der Waals surface area contributed by atoms with E-state index in [1.165, 1.54) is 0 Å². The first-order valence-corrected chi connectivity index (χ1v) is 10.7. The van der Waals surface area contributed by atoms with E-state index in [0.717, 1.165) is 22.2 Å². The molecule has 144 valence electrons. The highest BCUT2D eigenvalue weighted by Crippen LogP contribution is 2.38. The summed E-state index contributed by atoms with van der Waals surface area (Å²) in [6.07, 6.45) is 3.68. The van der Waals surface area contributed by atoms with E-state index in [4.69, 9.17) is 11.6 Å². The Bertz CT molecular complexity index is 1090. The number of hydrogen-bond donors (Lipinski definition) is 1. The van der Waals surface area contributed by atoms with Gasteiger partial charge in [0.2, 0.25) is 0 Å². The van der Waals surface area contributed by atoms with Crippen molar-refractivity contribution >= 4 is 45.0 Å². The molecule has 1 aromatic heterocycles. The number of anilines is 1. The largest absolute Gasteiger partial charge is 0.330 e. The Hall–Kier alpha value is -2.62. The highest BCUT2D eigenvalue weighted by molar-refractivity contribution is 7.85. The number of halogens is 1. The van der Waals surface area contributed by atoms with Gasteiger partial charge in [0.25, 0.3) is 0 Å². The summed E-state index contributed by atoms with van der Waals surface area (Å²) in [6, 6.07) is 16.7. The Balaban J connectivity index is 2.30. The molecule has 3 aromatic rings. The molecule has 1 heterocycles. The Kier molecular flexibility index (Phi) is 5.87. The topological polar surface area (TPSA) is 74.9 Å². The molecule has 0 aliphatic rings. The van der Waals surface area contributed by atoms with E-state index in [0.29, 0.717) is 11.4 Å². The second-order valence-corrected chi connectivity index (χ2v) is 8.01. The molecule has 0 aliphatic heterocycles. The first-order valence-electron chi connectivity index (χ1n) is 8.81.